The number of rotatable bonds is 1. The summed E-state index contributed by atoms with van der Waals surface area (Å²) in [4.78, 5) is 12.6. The monoisotopic (exact) mass is 239 g/mol. The topological polar surface area (TPSA) is 40.5 Å². The molecule has 18 heavy (non-hydrogen) atoms. The van der Waals surface area contributed by atoms with Crippen molar-refractivity contribution in [2.24, 2.45) is 0 Å². The zero-order chi connectivity index (χ0) is 12.7. The van der Waals surface area contributed by atoms with Gasteiger partial charge in [-0.25, -0.2) is 4.79 Å². The zero-order valence-corrected chi connectivity index (χ0v) is 10.00. The molecule has 0 spiro atoms. The smallest absolute Gasteiger partial charge is 0.407 e. The first-order valence-electron chi connectivity index (χ1n) is 5.84. The lowest BCUT2D eigenvalue weighted by Crippen LogP contribution is -2.29. The lowest BCUT2D eigenvalue weighted by Gasteiger charge is -2.23. The SMILES string of the molecule is CN(C(=O)O)C1c2ccccc2-c2ccccc21. The van der Waals surface area contributed by atoms with Gasteiger partial charge in [-0.3, -0.25) is 0 Å². The van der Waals surface area contributed by atoms with Crippen molar-refractivity contribution in [1.29, 1.82) is 0 Å². The van der Waals surface area contributed by atoms with E-state index in [9.17, 15) is 9.90 Å². The summed E-state index contributed by atoms with van der Waals surface area (Å²) in [7, 11) is 1.62. The molecule has 1 N–H and O–H groups in total. The van der Waals surface area contributed by atoms with Crippen LogP contribution in [0.15, 0.2) is 48.5 Å². The van der Waals surface area contributed by atoms with Crippen molar-refractivity contribution < 1.29 is 9.90 Å². The van der Waals surface area contributed by atoms with Gasteiger partial charge >= 0.3 is 6.09 Å². The molecular formula is C15H13NO2. The van der Waals surface area contributed by atoms with E-state index in [1.54, 1.807) is 7.05 Å². The molecule has 90 valence electrons. The van der Waals surface area contributed by atoms with E-state index in [1.807, 2.05) is 48.5 Å². The van der Waals surface area contributed by atoms with Crippen molar-refractivity contribution in [3.63, 3.8) is 0 Å². The van der Waals surface area contributed by atoms with Gasteiger partial charge in [0.2, 0.25) is 0 Å². The Morgan fingerprint density at radius 1 is 1.00 bits per heavy atom. The molecule has 0 aromatic heterocycles. The highest BCUT2D eigenvalue weighted by atomic mass is 16.4. The van der Waals surface area contributed by atoms with Gasteiger partial charge in [0.25, 0.3) is 0 Å². The molecular weight excluding hydrogens is 226 g/mol. The van der Waals surface area contributed by atoms with Crippen molar-refractivity contribution in [3.8, 4) is 11.1 Å². The van der Waals surface area contributed by atoms with Gasteiger partial charge in [0, 0.05) is 7.05 Å². The minimum atomic E-state index is -0.911. The molecule has 0 fully saturated rings. The van der Waals surface area contributed by atoms with E-state index in [-0.39, 0.29) is 6.04 Å². The van der Waals surface area contributed by atoms with E-state index in [0.717, 1.165) is 22.3 Å². The summed E-state index contributed by atoms with van der Waals surface area (Å²) in [5.41, 5.74) is 4.38. The average Bonchev–Trinajstić information content (AvgIpc) is 2.72. The highest BCUT2D eigenvalue weighted by Gasteiger charge is 2.32. The summed E-state index contributed by atoms with van der Waals surface area (Å²) in [6.07, 6.45) is -0.911. The highest BCUT2D eigenvalue weighted by Crippen LogP contribution is 2.45. The molecule has 0 unspecified atom stereocenters. The molecule has 1 aliphatic rings. The van der Waals surface area contributed by atoms with Crippen LogP contribution in [0.4, 0.5) is 4.79 Å². The molecule has 2 aromatic rings. The Hall–Kier alpha value is -2.29. The van der Waals surface area contributed by atoms with Gasteiger partial charge in [0.15, 0.2) is 0 Å². The molecule has 0 saturated carbocycles. The van der Waals surface area contributed by atoms with Crippen molar-refractivity contribution >= 4 is 6.09 Å². The lowest BCUT2D eigenvalue weighted by atomic mass is 10.0. The molecule has 0 radical (unpaired) electrons. The second kappa shape index (κ2) is 3.88. The highest BCUT2D eigenvalue weighted by molar-refractivity contribution is 5.80. The van der Waals surface area contributed by atoms with Crippen LogP contribution < -0.4 is 0 Å². The van der Waals surface area contributed by atoms with Crippen LogP contribution in [0.25, 0.3) is 11.1 Å². The summed E-state index contributed by atoms with van der Waals surface area (Å²) < 4.78 is 0. The molecule has 3 nitrogen and oxygen atoms in total. The molecule has 0 atom stereocenters. The number of hydrogen-bond acceptors (Lipinski definition) is 1. The van der Waals surface area contributed by atoms with Crippen LogP contribution in [-0.2, 0) is 0 Å². The minimum Gasteiger partial charge on any atom is -0.465 e. The molecule has 3 heteroatoms. The minimum absolute atomic E-state index is 0.199. The third-order valence-corrected chi connectivity index (χ3v) is 3.49. The van der Waals surface area contributed by atoms with E-state index < -0.39 is 6.09 Å². The van der Waals surface area contributed by atoms with Crippen LogP contribution >= 0.6 is 0 Å². The Morgan fingerprint density at radius 2 is 1.44 bits per heavy atom. The normalized spacial score (nSPS) is 12.9. The fourth-order valence-corrected chi connectivity index (χ4v) is 2.66. The van der Waals surface area contributed by atoms with Crippen LogP contribution in [0.5, 0.6) is 0 Å². The lowest BCUT2D eigenvalue weighted by molar-refractivity contribution is 0.146. The third-order valence-electron chi connectivity index (χ3n) is 3.49. The van der Waals surface area contributed by atoms with Gasteiger partial charge in [0.1, 0.15) is 0 Å². The summed E-state index contributed by atoms with van der Waals surface area (Å²) >= 11 is 0. The predicted octanol–water partition coefficient (Wildman–Crippen LogP) is 3.37. The second-order valence-electron chi connectivity index (χ2n) is 4.47. The molecule has 1 aliphatic carbocycles. The van der Waals surface area contributed by atoms with Gasteiger partial charge < -0.3 is 10.0 Å². The van der Waals surface area contributed by atoms with E-state index in [4.69, 9.17) is 0 Å². The van der Waals surface area contributed by atoms with Crippen LogP contribution in [0.1, 0.15) is 17.2 Å². The van der Waals surface area contributed by atoms with E-state index in [0.29, 0.717) is 0 Å². The molecule has 0 heterocycles. The van der Waals surface area contributed by atoms with Gasteiger partial charge in [0.05, 0.1) is 6.04 Å². The quantitative estimate of drug-likeness (QED) is 0.828. The summed E-state index contributed by atoms with van der Waals surface area (Å²) in [6, 6.07) is 15.8. The van der Waals surface area contributed by atoms with Crippen LogP contribution in [0, 0.1) is 0 Å². The van der Waals surface area contributed by atoms with E-state index in [2.05, 4.69) is 0 Å². The zero-order valence-electron chi connectivity index (χ0n) is 10.00. The molecule has 2 aromatic carbocycles. The number of nitrogens with zero attached hydrogens (tertiary/aromatic N) is 1. The number of hydrogen-bond donors (Lipinski definition) is 1. The first-order chi connectivity index (χ1) is 8.70. The number of carboxylic acid groups (broad SMARTS) is 1. The predicted molar refractivity (Wildman–Crippen MR) is 69.5 cm³/mol. The van der Waals surface area contributed by atoms with Gasteiger partial charge in [-0.1, -0.05) is 48.5 Å². The summed E-state index contributed by atoms with van der Waals surface area (Å²) in [5.74, 6) is 0. The Bertz CT molecular complexity index is 576. The Morgan fingerprint density at radius 3 is 1.89 bits per heavy atom. The number of benzene rings is 2. The maximum atomic E-state index is 11.2. The molecule has 1 amide bonds. The summed E-state index contributed by atoms with van der Waals surface area (Å²) in [6.45, 7) is 0. The fourth-order valence-electron chi connectivity index (χ4n) is 2.66. The molecule has 0 aliphatic heterocycles. The van der Waals surface area contributed by atoms with Crippen LogP contribution in [0.2, 0.25) is 0 Å². The standard InChI is InChI=1S/C15H13NO2/c1-16(15(17)18)14-12-8-4-2-6-10(12)11-7-3-5-9-13(11)14/h2-9,14H,1H3,(H,17,18). The van der Waals surface area contributed by atoms with Crippen molar-refractivity contribution in [3.05, 3.63) is 59.7 Å². The second-order valence-corrected chi connectivity index (χ2v) is 4.47. The number of carbonyl (C=O) groups is 1. The molecule has 0 saturated heterocycles. The van der Waals surface area contributed by atoms with E-state index in [1.165, 1.54) is 4.90 Å². The number of amides is 1. The van der Waals surface area contributed by atoms with Gasteiger partial charge in [-0.2, -0.15) is 0 Å². The van der Waals surface area contributed by atoms with Crippen molar-refractivity contribution in [2.75, 3.05) is 7.05 Å². The van der Waals surface area contributed by atoms with Gasteiger partial charge in [-0.15, -0.1) is 0 Å². The number of fused-ring (bicyclic) bond motifs is 3. The maximum absolute atomic E-state index is 11.2. The van der Waals surface area contributed by atoms with Gasteiger partial charge in [-0.05, 0) is 22.3 Å². The maximum Gasteiger partial charge on any atom is 0.407 e. The van der Waals surface area contributed by atoms with Crippen molar-refractivity contribution in [1.82, 2.24) is 4.90 Å². The molecule has 0 bridgehead atoms. The molecule has 3 rings (SSSR count). The fraction of sp³-hybridized carbons (Fsp3) is 0.133. The third kappa shape index (κ3) is 1.40. The van der Waals surface area contributed by atoms with E-state index >= 15 is 0 Å². The summed E-state index contributed by atoms with van der Waals surface area (Å²) in [5, 5.41) is 9.22. The van der Waals surface area contributed by atoms with Crippen LogP contribution in [0.3, 0.4) is 0 Å². The first-order valence-corrected chi connectivity index (χ1v) is 5.84. The Labute approximate surface area is 105 Å². The average molecular weight is 239 g/mol. The first kappa shape index (κ1) is 10.8. The van der Waals surface area contributed by atoms with Crippen molar-refractivity contribution in [2.45, 2.75) is 6.04 Å². The van der Waals surface area contributed by atoms with Crippen LogP contribution in [-0.4, -0.2) is 23.1 Å². The largest absolute Gasteiger partial charge is 0.465 e. The Balaban J connectivity index is 2.24. The Kier molecular flexibility index (Phi) is 2.33.